The van der Waals surface area contributed by atoms with Crippen molar-refractivity contribution in [1.82, 2.24) is 5.32 Å². The first-order chi connectivity index (χ1) is 11.1. The van der Waals surface area contributed by atoms with Gasteiger partial charge in [0.05, 0.1) is 5.41 Å². The van der Waals surface area contributed by atoms with E-state index in [1.54, 1.807) is 0 Å². The molecule has 0 aromatic heterocycles. The first-order valence-electron chi connectivity index (χ1n) is 8.66. The summed E-state index contributed by atoms with van der Waals surface area (Å²) < 4.78 is 0. The number of hydrogen-bond acceptors (Lipinski definition) is 2. The number of rotatable bonds is 10. The molecule has 0 atom stereocenters. The van der Waals surface area contributed by atoms with E-state index in [9.17, 15) is 9.59 Å². The molecule has 2 rings (SSSR count). The first kappa shape index (κ1) is 17.5. The van der Waals surface area contributed by atoms with Crippen molar-refractivity contribution < 1.29 is 14.7 Å². The number of amides is 1. The maximum absolute atomic E-state index is 12.5. The summed E-state index contributed by atoms with van der Waals surface area (Å²) in [6.45, 7) is 0.697. The second kappa shape index (κ2) is 8.70. The van der Waals surface area contributed by atoms with Crippen LogP contribution in [0.5, 0.6) is 0 Å². The summed E-state index contributed by atoms with van der Waals surface area (Å²) in [5.74, 6) is -0.538. The Labute approximate surface area is 138 Å². The lowest BCUT2D eigenvalue weighted by atomic mass is 9.64. The highest BCUT2D eigenvalue weighted by Crippen LogP contribution is 2.43. The SMILES string of the molecule is O=C(O)CCCCCCNC(=O)C1(Cc2ccccc2)CCC1. The quantitative estimate of drug-likeness (QED) is 0.649. The van der Waals surface area contributed by atoms with E-state index in [-0.39, 0.29) is 17.7 Å². The molecule has 2 N–H and O–H groups in total. The van der Waals surface area contributed by atoms with Crippen molar-refractivity contribution in [3.63, 3.8) is 0 Å². The molecule has 1 amide bonds. The van der Waals surface area contributed by atoms with Crippen molar-refractivity contribution in [1.29, 1.82) is 0 Å². The van der Waals surface area contributed by atoms with Crippen LogP contribution in [0.1, 0.15) is 56.9 Å². The third kappa shape index (κ3) is 5.38. The third-order valence-corrected chi connectivity index (χ3v) is 4.78. The van der Waals surface area contributed by atoms with Crippen LogP contribution >= 0.6 is 0 Å². The van der Waals surface area contributed by atoms with Gasteiger partial charge in [-0.1, -0.05) is 49.6 Å². The minimum absolute atomic E-state index is 0.193. The van der Waals surface area contributed by atoms with Crippen LogP contribution in [-0.2, 0) is 16.0 Å². The summed E-state index contributed by atoms with van der Waals surface area (Å²) in [7, 11) is 0. The van der Waals surface area contributed by atoms with Gasteiger partial charge in [-0.2, -0.15) is 0 Å². The Hall–Kier alpha value is -1.84. The van der Waals surface area contributed by atoms with E-state index in [4.69, 9.17) is 5.11 Å². The second-order valence-electron chi connectivity index (χ2n) is 6.61. The minimum atomic E-state index is -0.730. The monoisotopic (exact) mass is 317 g/mol. The zero-order valence-corrected chi connectivity index (χ0v) is 13.7. The highest BCUT2D eigenvalue weighted by Gasteiger charge is 2.43. The Morgan fingerprint density at radius 1 is 1.04 bits per heavy atom. The molecule has 0 aliphatic heterocycles. The molecule has 126 valence electrons. The number of hydrogen-bond donors (Lipinski definition) is 2. The molecule has 1 aromatic carbocycles. The lowest BCUT2D eigenvalue weighted by Crippen LogP contribution is -2.47. The van der Waals surface area contributed by atoms with Crippen LogP contribution < -0.4 is 5.32 Å². The fraction of sp³-hybridized carbons (Fsp3) is 0.579. The summed E-state index contributed by atoms with van der Waals surface area (Å²) in [5.41, 5.74) is 1.03. The summed E-state index contributed by atoms with van der Waals surface area (Å²) >= 11 is 0. The first-order valence-corrected chi connectivity index (χ1v) is 8.66. The molecule has 0 bridgehead atoms. The summed E-state index contributed by atoms with van der Waals surface area (Å²) in [6, 6.07) is 10.2. The molecule has 4 heteroatoms. The van der Waals surface area contributed by atoms with Gasteiger partial charge in [0.1, 0.15) is 0 Å². The Morgan fingerprint density at radius 3 is 2.35 bits per heavy atom. The Kier molecular flexibility index (Phi) is 6.63. The van der Waals surface area contributed by atoms with Crippen molar-refractivity contribution in [3.8, 4) is 0 Å². The molecule has 4 nitrogen and oxygen atoms in total. The van der Waals surface area contributed by atoms with Gasteiger partial charge in [-0.3, -0.25) is 9.59 Å². The molecule has 0 radical (unpaired) electrons. The molecule has 0 spiro atoms. The van der Waals surface area contributed by atoms with Gasteiger partial charge >= 0.3 is 5.97 Å². The van der Waals surface area contributed by atoms with E-state index in [1.165, 1.54) is 5.56 Å². The van der Waals surface area contributed by atoms with E-state index in [1.807, 2.05) is 18.2 Å². The van der Waals surface area contributed by atoms with Crippen molar-refractivity contribution in [2.45, 2.75) is 57.8 Å². The predicted molar refractivity (Wildman–Crippen MR) is 90.2 cm³/mol. The third-order valence-electron chi connectivity index (χ3n) is 4.78. The van der Waals surface area contributed by atoms with Crippen LogP contribution in [0, 0.1) is 5.41 Å². The topological polar surface area (TPSA) is 66.4 Å². The zero-order chi connectivity index (χ0) is 16.5. The summed E-state index contributed by atoms with van der Waals surface area (Å²) in [6.07, 6.45) is 7.70. The average molecular weight is 317 g/mol. The van der Waals surface area contributed by atoms with Gasteiger partial charge in [0.25, 0.3) is 0 Å². The van der Waals surface area contributed by atoms with E-state index in [0.717, 1.165) is 51.4 Å². The van der Waals surface area contributed by atoms with E-state index in [0.29, 0.717) is 6.54 Å². The molecule has 1 aromatic rings. The molecule has 23 heavy (non-hydrogen) atoms. The standard InChI is InChI=1S/C19H27NO3/c21-17(22)11-6-1-2-7-14-20-18(23)19(12-8-13-19)15-16-9-4-3-5-10-16/h3-5,9-10H,1-2,6-8,11-15H2,(H,20,23)(H,21,22). The molecular weight excluding hydrogens is 290 g/mol. The van der Waals surface area contributed by atoms with Crippen LogP contribution in [0.2, 0.25) is 0 Å². The zero-order valence-electron chi connectivity index (χ0n) is 13.7. The number of carboxylic acids is 1. The molecule has 1 saturated carbocycles. The van der Waals surface area contributed by atoms with Crippen LogP contribution in [0.3, 0.4) is 0 Å². The van der Waals surface area contributed by atoms with Crippen LogP contribution in [0.25, 0.3) is 0 Å². The lowest BCUT2D eigenvalue weighted by Gasteiger charge is -2.40. The van der Waals surface area contributed by atoms with Gasteiger partial charge in [0, 0.05) is 13.0 Å². The maximum atomic E-state index is 12.5. The van der Waals surface area contributed by atoms with Crippen molar-refractivity contribution in [2.75, 3.05) is 6.54 Å². The normalized spacial score (nSPS) is 15.7. The lowest BCUT2D eigenvalue weighted by molar-refractivity contribution is -0.137. The highest BCUT2D eigenvalue weighted by molar-refractivity contribution is 5.83. The van der Waals surface area contributed by atoms with Crippen LogP contribution in [-0.4, -0.2) is 23.5 Å². The van der Waals surface area contributed by atoms with Gasteiger partial charge in [-0.15, -0.1) is 0 Å². The van der Waals surface area contributed by atoms with Crippen LogP contribution in [0.4, 0.5) is 0 Å². The molecular formula is C19H27NO3. The Bertz CT molecular complexity index is 509. The number of carboxylic acid groups (broad SMARTS) is 1. The van der Waals surface area contributed by atoms with Crippen molar-refractivity contribution in [3.05, 3.63) is 35.9 Å². The number of carbonyl (C=O) groups excluding carboxylic acids is 1. The highest BCUT2D eigenvalue weighted by atomic mass is 16.4. The number of aliphatic carboxylic acids is 1. The van der Waals surface area contributed by atoms with Gasteiger partial charge in [-0.25, -0.2) is 0 Å². The van der Waals surface area contributed by atoms with Crippen molar-refractivity contribution in [2.24, 2.45) is 5.41 Å². The molecule has 0 saturated heterocycles. The van der Waals surface area contributed by atoms with Crippen LogP contribution in [0.15, 0.2) is 30.3 Å². The number of nitrogens with one attached hydrogen (secondary N) is 1. The molecule has 1 fully saturated rings. The van der Waals surface area contributed by atoms with Crippen molar-refractivity contribution >= 4 is 11.9 Å². The number of unbranched alkanes of at least 4 members (excludes halogenated alkanes) is 3. The Morgan fingerprint density at radius 2 is 1.74 bits per heavy atom. The van der Waals surface area contributed by atoms with Gasteiger partial charge in [0.15, 0.2) is 0 Å². The van der Waals surface area contributed by atoms with E-state index >= 15 is 0 Å². The molecule has 0 heterocycles. The molecule has 1 aliphatic carbocycles. The summed E-state index contributed by atoms with van der Waals surface area (Å²) in [5, 5.41) is 11.7. The largest absolute Gasteiger partial charge is 0.481 e. The fourth-order valence-corrected chi connectivity index (χ4v) is 3.22. The second-order valence-corrected chi connectivity index (χ2v) is 6.61. The van der Waals surface area contributed by atoms with Gasteiger partial charge in [0.2, 0.25) is 5.91 Å². The average Bonchev–Trinajstić information content (AvgIpc) is 2.50. The number of benzene rings is 1. The van der Waals surface area contributed by atoms with E-state index < -0.39 is 5.97 Å². The number of carbonyl (C=O) groups is 2. The van der Waals surface area contributed by atoms with Gasteiger partial charge < -0.3 is 10.4 Å². The van der Waals surface area contributed by atoms with Gasteiger partial charge in [-0.05, 0) is 37.7 Å². The maximum Gasteiger partial charge on any atom is 0.303 e. The van der Waals surface area contributed by atoms with E-state index in [2.05, 4.69) is 17.4 Å². The molecule has 0 unspecified atom stereocenters. The molecule has 1 aliphatic rings. The smallest absolute Gasteiger partial charge is 0.303 e. The fourth-order valence-electron chi connectivity index (χ4n) is 3.22. The summed E-state index contributed by atoms with van der Waals surface area (Å²) in [4.78, 5) is 23.0. The Balaban J connectivity index is 1.68. The predicted octanol–water partition coefficient (Wildman–Crippen LogP) is 3.55. The minimum Gasteiger partial charge on any atom is -0.481 e.